The van der Waals surface area contributed by atoms with Gasteiger partial charge in [0.05, 0.1) is 6.61 Å². The summed E-state index contributed by atoms with van der Waals surface area (Å²) < 4.78 is 5.59. The van der Waals surface area contributed by atoms with Gasteiger partial charge in [0.25, 0.3) is 0 Å². The topological polar surface area (TPSA) is 61.7 Å². The van der Waals surface area contributed by atoms with Gasteiger partial charge in [-0.05, 0) is 36.6 Å². The van der Waals surface area contributed by atoms with Crippen molar-refractivity contribution in [1.82, 2.24) is 5.32 Å². The Morgan fingerprint density at radius 2 is 2.33 bits per heavy atom. The third-order valence-electron chi connectivity index (χ3n) is 3.32. The molecular formula is C14H21NO3. The highest BCUT2D eigenvalue weighted by Gasteiger charge is 2.24. The Hall–Kier alpha value is -1.10. The molecule has 0 fully saturated rings. The average molecular weight is 251 g/mol. The molecule has 0 aliphatic heterocycles. The highest BCUT2D eigenvalue weighted by molar-refractivity contribution is 5.45. The minimum Gasteiger partial charge on any atom is -0.491 e. The highest BCUT2D eigenvalue weighted by Crippen LogP contribution is 2.36. The highest BCUT2D eigenvalue weighted by atomic mass is 16.5. The zero-order valence-electron chi connectivity index (χ0n) is 10.7. The van der Waals surface area contributed by atoms with E-state index >= 15 is 0 Å². The molecule has 3 N–H and O–H groups in total. The van der Waals surface area contributed by atoms with Gasteiger partial charge in [-0.15, -0.1) is 0 Å². The van der Waals surface area contributed by atoms with Crippen LogP contribution in [-0.4, -0.2) is 36.1 Å². The van der Waals surface area contributed by atoms with Gasteiger partial charge >= 0.3 is 0 Å². The lowest BCUT2D eigenvalue weighted by Gasteiger charge is -2.15. The number of fused-ring (bicyclic) bond motifs is 1. The van der Waals surface area contributed by atoms with E-state index in [4.69, 9.17) is 9.84 Å². The second-order valence-corrected chi connectivity index (χ2v) is 4.62. The quantitative estimate of drug-likeness (QED) is 0.706. The monoisotopic (exact) mass is 251 g/mol. The minimum atomic E-state index is -0.813. The molecule has 2 atom stereocenters. The van der Waals surface area contributed by atoms with Crippen LogP contribution in [0.25, 0.3) is 0 Å². The van der Waals surface area contributed by atoms with Crippen molar-refractivity contribution in [2.75, 3.05) is 19.8 Å². The molecule has 1 aromatic rings. The van der Waals surface area contributed by atoms with Gasteiger partial charge < -0.3 is 20.3 Å². The van der Waals surface area contributed by atoms with E-state index in [1.807, 2.05) is 12.1 Å². The first-order valence-corrected chi connectivity index (χ1v) is 6.53. The summed E-state index contributed by atoms with van der Waals surface area (Å²) in [4.78, 5) is 0. The third kappa shape index (κ3) is 2.83. The Morgan fingerprint density at radius 1 is 1.50 bits per heavy atom. The van der Waals surface area contributed by atoms with Gasteiger partial charge in [0.15, 0.2) is 0 Å². The van der Waals surface area contributed by atoms with E-state index in [0.29, 0.717) is 6.04 Å². The van der Waals surface area contributed by atoms with Crippen molar-refractivity contribution in [3.05, 3.63) is 29.3 Å². The van der Waals surface area contributed by atoms with Crippen molar-refractivity contribution in [3.63, 3.8) is 0 Å². The van der Waals surface area contributed by atoms with Crippen molar-refractivity contribution in [2.24, 2.45) is 0 Å². The molecule has 2 rings (SSSR count). The first-order valence-electron chi connectivity index (χ1n) is 6.53. The Balaban J connectivity index is 2.09. The van der Waals surface area contributed by atoms with Crippen LogP contribution in [0.1, 0.15) is 30.5 Å². The summed E-state index contributed by atoms with van der Waals surface area (Å²) in [5, 5.41) is 21.6. The molecule has 4 heteroatoms. The van der Waals surface area contributed by atoms with Crippen LogP contribution in [0.4, 0.5) is 0 Å². The maximum atomic E-state index is 9.32. The molecule has 0 saturated heterocycles. The number of aliphatic hydroxyl groups is 2. The Kier molecular flexibility index (Phi) is 4.58. The molecule has 1 aliphatic rings. The van der Waals surface area contributed by atoms with Gasteiger partial charge in [0.2, 0.25) is 0 Å². The normalized spacial score (nSPS) is 19.6. The van der Waals surface area contributed by atoms with Crippen molar-refractivity contribution in [2.45, 2.75) is 31.9 Å². The van der Waals surface area contributed by atoms with Crippen LogP contribution < -0.4 is 10.1 Å². The first kappa shape index (κ1) is 13.3. The van der Waals surface area contributed by atoms with Gasteiger partial charge in [-0.2, -0.15) is 0 Å². The first-order chi connectivity index (χ1) is 8.76. The van der Waals surface area contributed by atoms with Crippen molar-refractivity contribution < 1.29 is 14.9 Å². The summed E-state index contributed by atoms with van der Waals surface area (Å²) in [6.07, 6.45) is 1.27. The summed E-state index contributed by atoms with van der Waals surface area (Å²) in [7, 11) is 0. The molecule has 1 aliphatic carbocycles. The Bertz CT molecular complexity index is 395. The lowest BCUT2D eigenvalue weighted by Crippen LogP contribution is -2.21. The molecule has 18 heavy (non-hydrogen) atoms. The molecule has 0 bridgehead atoms. The van der Waals surface area contributed by atoms with Crippen molar-refractivity contribution >= 4 is 0 Å². The van der Waals surface area contributed by atoms with Gasteiger partial charge in [0.1, 0.15) is 18.5 Å². The SMILES string of the molecule is CCNC1CCc2c(OCC(O)CO)cccc21. The second-order valence-electron chi connectivity index (χ2n) is 4.62. The molecule has 1 aromatic carbocycles. The average Bonchev–Trinajstić information content (AvgIpc) is 2.80. The molecule has 100 valence electrons. The van der Waals surface area contributed by atoms with E-state index in [9.17, 15) is 5.11 Å². The van der Waals surface area contributed by atoms with E-state index in [-0.39, 0.29) is 13.2 Å². The van der Waals surface area contributed by atoms with Gasteiger partial charge in [-0.1, -0.05) is 19.1 Å². The zero-order chi connectivity index (χ0) is 13.0. The fraction of sp³-hybridized carbons (Fsp3) is 0.571. The summed E-state index contributed by atoms with van der Waals surface area (Å²) in [6, 6.07) is 6.45. The van der Waals surface area contributed by atoms with Gasteiger partial charge in [-0.25, -0.2) is 0 Å². The van der Waals surface area contributed by atoms with Gasteiger partial charge in [0, 0.05) is 6.04 Å². The summed E-state index contributed by atoms with van der Waals surface area (Å²) in [5.74, 6) is 0.834. The molecule has 0 spiro atoms. The van der Waals surface area contributed by atoms with E-state index in [2.05, 4.69) is 18.3 Å². The molecule has 0 radical (unpaired) electrons. The van der Waals surface area contributed by atoms with Crippen LogP contribution >= 0.6 is 0 Å². The van der Waals surface area contributed by atoms with Crippen LogP contribution in [0, 0.1) is 0 Å². The summed E-state index contributed by atoms with van der Waals surface area (Å²) in [6.45, 7) is 2.93. The molecule has 0 heterocycles. The van der Waals surface area contributed by atoms with E-state index in [1.54, 1.807) is 0 Å². The predicted octanol–water partition coefficient (Wildman–Crippen LogP) is 1.02. The number of hydrogen-bond acceptors (Lipinski definition) is 4. The molecule has 0 amide bonds. The lowest BCUT2D eigenvalue weighted by molar-refractivity contribution is 0.0533. The van der Waals surface area contributed by atoms with Crippen molar-refractivity contribution in [3.8, 4) is 5.75 Å². The summed E-state index contributed by atoms with van der Waals surface area (Å²) >= 11 is 0. The fourth-order valence-corrected chi connectivity index (χ4v) is 2.45. The van der Waals surface area contributed by atoms with Crippen LogP contribution in [-0.2, 0) is 6.42 Å². The van der Waals surface area contributed by atoms with Crippen molar-refractivity contribution in [1.29, 1.82) is 0 Å². The minimum absolute atomic E-state index is 0.138. The van der Waals surface area contributed by atoms with Crippen LogP contribution in [0.5, 0.6) is 5.75 Å². The van der Waals surface area contributed by atoms with E-state index in [1.165, 1.54) is 11.1 Å². The lowest BCUT2D eigenvalue weighted by atomic mass is 10.1. The molecule has 2 unspecified atom stereocenters. The maximum Gasteiger partial charge on any atom is 0.122 e. The van der Waals surface area contributed by atoms with Crippen LogP contribution in [0.2, 0.25) is 0 Å². The number of ether oxygens (including phenoxy) is 1. The van der Waals surface area contributed by atoms with E-state index < -0.39 is 6.10 Å². The molecule has 4 nitrogen and oxygen atoms in total. The standard InChI is InChI=1S/C14H21NO3/c1-2-15-13-7-6-12-11(13)4-3-5-14(12)18-9-10(17)8-16/h3-5,10,13,15-17H,2,6-9H2,1H3. The number of hydrogen-bond donors (Lipinski definition) is 3. The van der Waals surface area contributed by atoms with Crippen LogP contribution in [0.15, 0.2) is 18.2 Å². The number of rotatable bonds is 6. The predicted molar refractivity (Wildman–Crippen MR) is 69.8 cm³/mol. The Labute approximate surface area is 108 Å². The zero-order valence-corrected chi connectivity index (χ0v) is 10.7. The number of aliphatic hydroxyl groups excluding tert-OH is 2. The summed E-state index contributed by atoms with van der Waals surface area (Å²) in [5.41, 5.74) is 2.53. The fourth-order valence-electron chi connectivity index (χ4n) is 2.45. The largest absolute Gasteiger partial charge is 0.491 e. The number of benzene rings is 1. The third-order valence-corrected chi connectivity index (χ3v) is 3.32. The Morgan fingerprint density at radius 3 is 3.06 bits per heavy atom. The van der Waals surface area contributed by atoms with E-state index in [0.717, 1.165) is 25.1 Å². The van der Waals surface area contributed by atoms with Crippen LogP contribution in [0.3, 0.4) is 0 Å². The molecule has 0 saturated carbocycles. The molecule has 0 aromatic heterocycles. The molecular weight excluding hydrogens is 230 g/mol. The second kappa shape index (κ2) is 6.18. The number of nitrogens with one attached hydrogen (secondary N) is 1. The maximum absolute atomic E-state index is 9.32. The van der Waals surface area contributed by atoms with Gasteiger partial charge in [-0.3, -0.25) is 0 Å². The smallest absolute Gasteiger partial charge is 0.122 e.